The highest BCUT2D eigenvalue weighted by atomic mass is 127. The molecule has 0 atom stereocenters. The van der Waals surface area contributed by atoms with E-state index >= 15 is 0 Å². The Balaban J connectivity index is 0.00000420. The van der Waals surface area contributed by atoms with E-state index in [2.05, 4.69) is 15.5 Å². The van der Waals surface area contributed by atoms with Crippen molar-refractivity contribution in [2.45, 2.75) is 40.2 Å². The maximum absolute atomic E-state index is 11.9. The van der Waals surface area contributed by atoms with Gasteiger partial charge < -0.3 is 20.3 Å². The van der Waals surface area contributed by atoms with E-state index in [1.54, 1.807) is 0 Å². The van der Waals surface area contributed by atoms with E-state index in [-0.39, 0.29) is 41.8 Å². The van der Waals surface area contributed by atoms with Crippen LogP contribution in [0.2, 0.25) is 0 Å². The van der Waals surface area contributed by atoms with Crippen molar-refractivity contribution >= 4 is 41.8 Å². The van der Waals surface area contributed by atoms with Gasteiger partial charge in [-0.15, -0.1) is 24.0 Å². The van der Waals surface area contributed by atoms with Crippen molar-refractivity contribution in [1.29, 1.82) is 0 Å². The molecule has 1 aromatic carbocycles. The van der Waals surface area contributed by atoms with Crippen molar-refractivity contribution in [2.75, 3.05) is 32.8 Å². The number of nitrogens with one attached hydrogen (secondary N) is 2. The van der Waals surface area contributed by atoms with Gasteiger partial charge in [0.1, 0.15) is 0 Å². The number of amides is 1. The van der Waals surface area contributed by atoms with Crippen molar-refractivity contribution in [1.82, 2.24) is 15.5 Å². The summed E-state index contributed by atoms with van der Waals surface area (Å²) in [7, 11) is 0. The number of benzene rings is 1. The summed E-state index contributed by atoms with van der Waals surface area (Å²) < 4.78 is 5.14. The predicted octanol–water partition coefficient (Wildman–Crippen LogP) is 2.79. The Kier molecular flexibility index (Phi) is 11.6. The number of ether oxygens (including phenoxy) is 1. The molecule has 0 spiro atoms. The summed E-state index contributed by atoms with van der Waals surface area (Å²) in [4.78, 5) is 30.7. The lowest BCUT2D eigenvalue weighted by molar-refractivity contribution is -0.149. The third kappa shape index (κ3) is 7.83. The lowest BCUT2D eigenvalue weighted by Crippen LogP contribution is -2.46. The molecular formula is C21H33IN4O3. The summed E-state index contributed by atoms with van der Waals surface area (Å²) in [5, 5.41) is 6.13. The number of carbonyl (C=O) groups excluding carboxylic acids is 2. The smallest absolute Gasteiger partial charge is 0.309 e. The maximum Gasteiger partial charge on any atom is 0.309 e. The highest BCUT2D eigenvalue weighted by molar-refractivity contribution is 14.0. The van der Waals surface area contributed by atoms with E-state index < -0.39 is 0 Å². The second-order valence-electron chi connectivity index (χ2n) is 6.74. The topological polar surface area (TPSA) is 83.0 Å². The molecule has 162 valence electrons. The number of carbonyl (C=O) groups is 2. The van der Waals surface area contributed by atoms with E-state index in [1.165, 1.54) is 0 Å². The summed E-state index contributed by atoms with van der Waals surface area (Å²) in [6, 6.07) is 7.52. The summed E-state index contributed by atoms with van der Waals surface area (Å²) in [6.07, 6.45) is 1.56. The highest BCUT2D eigenvalue weighted by Gasteiger charge is 2.27. The predicted molar refractivity (Wildman–Crippen MR) is 126 cm³/mol. The Bertz CT molecular complexity index is 671. The van der Waals surface area contributed by atoms with Gasteiger partial charge in [0.15, 0.2) is 5.96 Å². The first-order chi connectivity index (χ1) is 13.6. The van der Waals surface area contributed by atoms with E-state index in [0.29, 0.717) is 25.3 Å². The fourth-order valence-electron chi connectivity index (χ4n) is 3.20. The molecule has 8 heteroatoms. The Hall–Kier alpha value is -1.84. The van der Waals surface area contributed by atoms with Gasteiger partial charge in [-0.25, -0.2) is 4.99 Å². The van der Waals surface area contributed by atoms with Gasteiger partial charge in [0.25, 0.3) is 5.91 Å². The minimum absolute atomic E-state index is 0. The molecule has 1 heterocycles. The minimum Gasteiger partial charge on any atom is -0.466 e. The fourth-order valence-corrected chi connectivity index (χ4v) is 3.20. The number of guanidine groups is 1. The van der Waals surface area contributed by atoms with Crippen LogP contribution in [0.25, 0.3) is 0 Å². The third-order valence-corrected chi connectivity index (χ3v) is 4.71. The SMILES string of the molecule is CCNC(=O)c1ccc(CN=C(NCC)N2CCC(C(=O)OCC)CC2)cc1.I. The van der Waals surface area contributed by atoms with Crippen LogP contribution in [0, 0.1) is 5.92 Å². The second-order valence-corrected chi connectivity index (χ2v) is 6.74. The van der Waals surface area contributed by atoms with Crippen molar-refractivity contribution in [3.63, 3.8) is 0 Å². The molecule has 29 heavy (non-hydrogen) atoms. The maximum atomic E-state index is 11.9. The van der Waals surface area contributed by atoms with E-state index in [1.807, 2.05) is 45.0 Å². The van der Waals surface area contributed by atoms with Gasteiger partial charge >= 0.3 is 5.97 Å². The van der Waals surface area contributed by atoms with Crippen molar-refractivity contribution < 1.29 is 14.3 Å². The molecule has 0 radical (unpaired) electrons. The molecule has 0 unspecified atom stereocenters. The monoisotopic (exact) mass is 516 g/mol. The van der Waals surface area contributed by atoms with Crippen molar-refractivity contribution in [3.8, 4) is 0 Å². The number of piperidine rings is 1. The molecule has 1 amide bonds. The molecule has 0 saturated carbocycles. The molecule has 2 N–H and O–H groups in total. The molecule has 1 aliphatic rings. The zero-order valence-electron chi connectivity index (χ0n) is 17.6. The first-order valence-electron chi connectivity index (χ1n) is 10.2. The highest BCUT2D eigenvalue weighted by Crippen LogP contribution is 2.19. The number of esters is 1. The Morgan fingerprint density at radius 3 is 2.24 bits per heavy atom. The van der Waals surface area contributed by atoms with Crippen LogP contribution in [0.4, 0.5) is 0 Å². The number of nitrogens with zero attached hydrogens (tertiary/aromatic N) is 2. The first-order valence-corrected chi connectivity index (χ1v) is 10.2. The largest absolute Gasteiger partial charge is 0.466 e. The van der Waals surface area contributed by atoms with Gasteiger partial charge in [-0.1, -0.05) is 12.1 Å². The molecule has 2 rings (SSSR count). The molecule has 0 aliphatic carbocycles. The average molecular weight is 516 g/mol. The van der Waals surface area contributed by atoms with E-state index in [0.717, 1.165) is 44.0 Å². The van der Waals surface area contributed by atoms with Crippen LogP contribution in [-0.4, -0.2) is 55.5 Å². The quantitative estimate of drug-likeness (QED) is 0.252. The molecule has 0 aromatic heterocycles. The Labute approximate surface area is 190 Å². The van der Waals surface area contributed by atoms with Gasteiger partial charge in [0.2, 0.25) is 0 Å². The summed E-state index contributed by atoms with van der Waals surface area (Å²) in [6.45, 7) is 9.72. The first kappa shape index (κ1) is 25.2. The van der Waals surface area contributed by atoms with Crippen LogP contribution in [0.5, 0.6) is 0 Å². The van der Waals surface area contributed by atoms with Crippen molar-refractivity contribution in [3.05, 3.63) is 35.4 Å². The molecule has 1 aromatic rings. The molecular weight excluding hydrogens is 483 g/mol. The van der Waals surface area contributed by atoms with Gasteiger partial charge in [-0.05, 0) is 51.3 Å². The molecule has 7 nitrogen and oxygen atoms in total. The van der Waals surface area contributed by atoms with Gasteiger partial charge in [-0.2, -0.15) is 0 Å². The summed E-state index contributed by atoms with van der Waals surface area (Å²) in [5.41, 5.74) is 1.70. The van der Waals surface area contributed by atoms with Gasteiger partial charge in [-0.3, -0.25) is 9.59 Å². The molecule has 1 saturated heterocycles. The zero-order chi connectivity index (χ0) is 20.4. The molecule has 1 aliphatic heterocycles. The van der Waals surface area contributed by atoms with Crippen LogP contribution >= 0.6 is 24.0 Å². The summed E-state index contributed by atoms with van der Waals surface area (Å²) in [5.74, 6) is 0.699. The van der Waals surface area contributed by atoms with Crippen LogP contribution in [0.15, 0.2) is 29.3 Å². The van der Waals surface area contributed by atoms with Crippen molar-refractivity contribution in [2.24, 2.45) is 10.9 Å². The number of rotatable bonds is 7. The lowest BCUT2D eigenvalue weighted by Gasteiger charge is -2.33. The van der Waals surface area contributed by atoms with Gasteiger partial charge in [0, 0.05) is 31.7 Å². The van der Waals surface area contributed by atoms with Crippen LogP contribution in [0.3, 0.4) is 0 Å². The van der Waals surface area contributed by atoms with Crippen LogP contribution in [0.1, 0.15) is 49.5 Å². The average Bonchev–Trinajstić information content (AvgIpc) is 2.72. The van der Waals surface area contributed by atoms with E-state index in [9.17, 15) is 9.59 Å². The fraction of sp³-hybridized carbons (Fsp3) is 0.571. The Morgan fingerprint density at radius 1 is 1.07 bits per heavy atom. The van der Waals surface area contributed by atoms with Crippen LogP contribution < -0.4 is 10.6 Å². The standard InChI is InChI=1S/C21H32N4O3.HI/c1-4-22-19(26)17-9-7-16(8-10-17)15-24-21(23-5-2)25-13-11-18(12-14-25)20(27)28-6-3;/h7-10,18H,4-6,11-15H2,1-3H3,(H,22,26)(H,23,24);1H. The van der Waals surface area contributed by atoms with Crippen LogP contribution in [-0.2, 0) is 16.1 Å². The molecule has 1 fully saturated rings. The van der Waals surface area contributed by atoms with Gasteiger partial charge in [0.05, 0.1) is 19.1 Å². The number of likely N-dealkylation sites (tertiary alicyclic amines) is 1. The number of hydrogen-bond donors (Lipinski definition) is 2. The number of hydrogen-bond acceptors (Lipinski definition) is 4. The lowest BCUT2D eigenvalue weighted by atomic mass is 9.97. The molecule has 0 bridgehead atoms. The normalized spacial score (nSPS) is 14.7. The number of halogens is 1. The zero-order valence-corrected chi connectivity index (χ0v) is 19.9. The minimum atomic E-state index is -0.0868. The Morgan fingerprint density at radius 2 is 1.69 bits per heavy atom. The van der Waals surface area contributed by atoms with E-state index in [4.69, 9.17) is 9.73 Å². The number of aliphatic imine (C=N–C) groups is 1. The third-order valence-electron chi connectivity index (χ3n) is 4.71. The summed E-state index contributed by atoms with van der Waals surface area (Å²) >= 11 is 0. The second kappa shape index (κ2) is 13.4.